The lowest BCUT2D eigenvalue weighted by Crippen LogP contribution is -2.30. The number of rotatable bonds is 5. The second kappa shape index (κ2) is 6.30. The molecule has 1 fully saturated rings. The molecular weight excluding hydrogens is 272 g/mol. The first-order valence-corrected chi connectivity index (χ1v) is 6.76. The molecule has 1 N–H and O–H groups in total. The maximum Gasteiger partial charge on any atom is 0.328 e. The van der Waals surface area contributed by atoms with Gasteiger partial charge in [0, 0.05) is 6.54 Å². The Bertz CT molecular complexity index is 595. The van der Waals surface area contributed by atoms with Crippen molar-refractivity contribution in [3.05, 3.63) is 29.5 Å². The first kappa shape index (κ1) is 14.9. The van der Waals surface area contributed by atoms with E-state index in [1.54, 1.807) is 38.3 Å². The fourth-order valence-corrected chi connectivity index (χ4v) is 2.07. The monoisotopic (exact) mass is 290 g/mol. The summed E-state index contributed by atoms with van der Waals surface area (Å²) in [6.45, 7) is 4.52. The topological polar surface area (TPSA) is 67.9 Å². The SMILES string of the molecule is CCOc1ccc(/C=C2/NC(=O)N(CC)C2=O)cc1OC. The lowest BCUT2D eigenvalue weighted by atomic mass is 10.1. The van der Waals surface area contributed by atoms with E-state index in [1.165, 1.54) is 0 Å². The van der Waals surface area contributed by atoms with Crippen LogP contribution in [0.3, 0.4) is 0 Å². The molecule has 0 aliphatic carbocycles. The van der Waals surface area contributed by atoms with E-state index in [9.17, 15) is 9.59 Å². The van der Waals surface area contributed by atoms with Crippen molar-refractivity contribution in [3.8, 4) is 11.5 Å². The quantitative estimate of drug-likeness (QED) is 0.665. The Kier molecular flexibility index (Phi) is 4.47. The number of amides is 3. The summed E-state index contributed by atoms with van der Waals surface area (Å²) in [5.41, 5.74) is 1.00. The van der Waals surface area contributed by atoms with E-state index in [1.807, 2.05) is 6.92 Å². The molecule has 1 aliphatic rings. The van der Waals surface area contributed by atoms with Crippen molar-refractivity contribution >= 4 is 18.0 Å². The van der Waals surface area contributed by atoms with Crippen molar-refractivity contribution in [1.29, 1.82) is 0 Å². The van der Waals surface area contributed by atoms with Gasteiger partial charge >= 0.3 is 6.03 Å². The van der Waals surface area contributed by atoms with Crippen LogP contribution >= 0.6 is 0 Å². The molecule has 21 heavy (non-hydrogen) atoms. The second-order valence-corrected chi connectivity index (χ2v) is 4.38. The largest absolute Gasteiger partial charge is 0.493 e. The molecule has 0 saturated carbocycles. The van der Waals surface area contributed by atoms with Gasteiger partial charge in [0.25, 0.3) is 5.91 Å². The highest BCUT2D eigenvalue weighted by molar-refractivity contribution is 6.13. The van der Waals surface area contributed by atoms with Gasteiger partial charge in [0.2, 0.25) is 0 Å². The molecule has 0 aromatic heterocycles. The summed E-state index contributed by atoms with van der Waals surface area (Å²) in [7, 11) is 1.55. The van der Waals surface area contributed by atoms with E-state index >= 15 is 0 Å². The van der Waals surface area contributed by atoms with Crippen LogP contribution in [0.1, 0.15) is 19.4 Å². The van der Waals surface area contributed by atoms with E-state index in [0.717, 1.165) is 10.5 Å². The van der Waals surface area contributed by atoms with Crippen molar-refractivity contribution in [2.45, 2.75) is 13.8 Å². The normalized spacial score (nSPS) is 16.3. The van der Waals surface area contributed by atoms with E-state index < -0.39 is 6.03 Å². The molecule has 1 heterocycles. The molecule has 0 atom stereocenters. The average molecular weight is 290 g/mol. The molecule has 6 heteroatoms. The van der Waals surface area contributed by atoms with Gasteiger partial charge < -0.3 is 14.8 Å². The zero-order chi connectivity index (χ0) is 15.4. The first-order valence-electron chi connectivity index (χ1n) is 6.76. The third-order valence-corrected chi connectivity index (χ3v) is 3.08. The molecule has 1 aromatic carbocycles. The van der Waals surface area contributed by atoms with Crippen molar-refractivity contribution in [1.82, 2.24) is 10.2 Å². The Balaban J connectivity index is 2.29. The summed E-state index contributed by atoms with van der Waals surface area (Å²) in [6.07, 6.45) is 1.62. The number of nitrogens with one attached hydrogen (secondary N) is 1. The van der Waals surface area contributed by atoms with Crippen molar-refractivity contribution in [2.75, 3.05) is 20.3 Å². The van der Waals surface area contributed by atoms with Gasteiger partial charge in [-0.1, -0.05) is 6.07 Å². The predicted molar refractivity (Wildman–Crippen MR) is 78.1 cm³/mol. The van der Waals surface area contributed by atoms with Crippen LogP contribution in [0, 0.1) is 0 Å². The molecule has 1 aliphatic heterocycles. The molecule has 0 bridgehead atoms. The van der Waals surface area contributed by atoms with E-state index in [0.29, 0.717) is 24.7 Å². The highest BCUT2D eigenvalue weighted by Gasteiger charge is 2.31. The predicted octanol–water partition coefficient (Wildman–Crippen LogP) is 2.01. The molecule has 2 rings (SSSR count). The number of likely N-dealkylation sites (N-methyl/N-ethyl adjacent to an activating group) is 1. The van der Waals surface area contributed by atoms with Gasteiger partial charge in [-0.15, -0.1) is 0 Å². The Morgan fingerprint density at radius 2 is 2.00 bits per heavy atom. The standard InChI is InChI=1S/C15H18N2O4/c1-4-17-14(18)11(16-15(17)19)8-10-6-7-12(21-5-2)13(9-10)20-3/h6-9H,4-5H2,1-3H3,(H,16,19)/b11-8+. The highest BCUT2D eigenvalue weighted by atomic mass is 16.5. The molecule has 112 valence electrons. The summed E-state index contributed by atoms with van der Waals surface area (Å²) in [5.74, 6) is 0.893. The van der Waals surface area contributed by atoms with Gasteiger partial charge in [-0.2, -0.15) is 0 Å². The summed E-state index contributed by atoms with van der Waals surface area (Å²) in [5, 5.41) is 2.56. The van der Waals surface area contributed by atoms with Gasteiger partial charge in [-0.05, 0) is 37.6 Å². The van der Waals surface area contributed by atoms with Crippen LogP contribution in [-0.2, 0) is 4.79 Å². The third kappa shape index (κ3) is 2.99. The molecule has 0 spiro atoms. The molecule has 6 nitrogen and oxygen atoms in total. The minimum absolute atomic E-state index is 0.257. The van der Waals surface area contributed by atoms with Gasteiger partial charge in [0.05, 0.1) is 13.7 Å². The lowest BCUT2D eigenvalue weighted by molar-refractivity contribution is -0.122. The lowest BCUT2D eigenvalue weighted by Gasteiger charge is -2.09. The van der Waals surface area contributed by atoms with Crippen molar-refractivity contribution < 1.29 is 19.1 Å². The van der Waals surface area contributed by atoms with E-state index in [2.05, 4.69) is 5.32 Å². The number of imide groups is 1. The maximum absolute atomic E-state index is 12.0. The van der Waals surface area contributed by atoms with Crippen LogP contribution in [-0.4, -0.2) is 37.1 Å². The van der Waals surface area contributed by atoms with Crippen LogP contribution in [0.25, 0.3) is 6.08 Å². The Morgan fingerprint density at radius 1 is 1.24 bits per heavy atom. The Hall–Kier alpha value is -2.50. The molecule has 1 aromatic rings. The number of benzene rings is 1. The van der Waals surface area contributed by atoms with Crippen molar-refractivity contribution in [2.24, 2.45) is 0 Å². The number of carbonyl (C=O) groups excluding carboxylic acids is 2. The minimum Gasteiger partial charge on any atom is -0.493 e. The number of ether oxygens (including phenoxy) is 2. The van der Waals surface area contributed by atoms with Crippen LogP contribution < -0.4 is 14.8 Å². The van der Waals surface area contributed by atoms with Crippen molar-refractivity contribution in [3.63, 3.8) is 0 Å². The average Bonchev–Trinajstić information content (AvgIpc) is 2.74. The van der Waals surface area contributed by atoms with Crippen LogP contribution in [0.4, 0.5) is 4.79 Å². The molecule has 0 unspecified atom stereocenters. The molecular formula is C15H18N2O4. The summed E-state index contributed by atoms with van der Waals surface area (Å²) >= 11 is 0. The first-order chi connectivity index (χ1) is 10.1. The maximum atomic E-state index is 12.0. The fourth-order valence-electron chi connectivity index (χ4n) is 2.07. The minimum atomic E-state index is -0.397. The van der Waals surface area contributed by atoms with E-state index in [-0.39, 0.29) is 11.6 Å². The smallest absolute Gasteiger partial charge is 0.328 e. The zero-order valence-electron chi connectivity index (χ0n) is 12.3. The summed E-state index contributed by atoms with van der Waals surface area (Å²) < 4.78 is 10.7. The Labute approximate surface area is 123 Å². The number of nitrogens with zero attached hydrogens (tertiary/aromatic N) is 1. The number of hydrogen-bond acceptors (Lipinski definition) is 4. The van der Waals surface area contributed by atoms with E-state index in [4.69, 9.17) is 9.47 Å². The van der Waals surface area contributed by atoms with Gasteiger partial charge in [0.15, 0.2) is 11.5 Å². The third-order valence-electron chi connectivity index (χ3n) is 3.08. The van der Waals surface area contributed by atoms with Crippen LogP contribution in [0.5, 0.6) is 11.5 Å². The van der Waals surface area contributed by atoms with Gasteiger partial charge in [0.1, 0.15) is 5.70 Å². The molecule has 3 amide bonds. The summed E-state index contributed by atoms with van der Waals surface area (Å²) in [6, 6.07) is 4.93. The number of urea groups is 1. The summed E-state index contributed by atoms with van der Waals surface area (Å²) in [4.78, 5) is 24.7. The van der Waals surface area contributed by atoms with Gasteiger partial charge in [-0.25, -0.2) is 4.79 Å². The second-order valence-electron chi connectivity index (χ2n) is 4.38. The zero-order valence-corrected chi connectivity index (χ0v) is 12.3. The number of carbonyl (C=O) groups is 2. The molecule has 1 saturated heterocycles. The fraction of sp³-hybridized carbons (Fsp3) is 0.333. The van der Waals surface area contributed by atoms with Crippen LogP contribution in [0.2, 0.25) is 0 Å². The van der Waals surface area contributed by atoms with Gasteiger partial charge in [-0.3, -0.25) is 9.69 Å². The highest BCUT2D eigenvalue weighted by Crippen LogP contribution is 2.29. The molecule has 0 radical (unpaired) electrons. The number of hydrogen-bond donors (Lipinski definition) is 1. The Morgan fingerprint density at radius 3 is 2.57 bits per heavy atom. The van der Waals surface area contributed by atoms with Crippen LogP contribution in [0.15, 0.2) is 23.9 Å². The number of methoxy groups -OCH3 is 1.